The fourth-order valence-electron chi connectivity index (χ4n) is 2.50. The smallest absolute Gasteiger partial charge is 0.239 e. The lowest BCUT2D eigenvalue weighted by atomic mass is 10.1. The Balaban J connectivity index is 2.43. The topological polar surface area (TPSA) is 130 Å². The van der Waals surface area contributed by atoms with Gasteiger partial charge in [-0.15, -0.1) is 0 Å². The van der Waals surface area contributed by atoms with Crippen LogP contribution >= 0.6 is 0 Å². The van der Waals surface area contributed by atoms with Gasteiger partial charge in [-0.1, -0.05) is 0 Å². The van der Waals surface area contributed by atoms with Crippen LogP contribution in [0, 0.1) is 0 Å². The number of hydrogen-bond acceptors (Lipinski definition) is 8. The third-order valence-electron chi connectivity index (χ3n) is 3.70. The minimum atomic E-state index is -0.737. The van der Waals surface area contributed by atoms with Gasteiger partial charge < -0.3 is 34.3 Å². The summed E-state index contributed by atoms with van der Waals surface area (Å²) in [7, 11) is 2.60. The Morgan fingerprint density at radius 2 is 1.64 bits per heavy atom. The van der Waals surface area contributed by atoms with Crippen molar-refractivity contribution in [1.82, 2.24) is 0 Å². The summed E-state index contributed by atoms with van der Waals surface area (Å²) in [5, 5.41) is 38.9. The number of phenols is 4. The van der Waals surface area contributed by atoms with Gasteiger partial charge in [-0.05, 0) is 18.2 Å². The van der Waals surface area contributed by atoms with Crippen LogP contribution in [0.5, 0.6) is 34.5 Å². The molecule has 0 radical (unpaired) electrons. The second-order valence-corrected chi connectivity index (χ2v) is 5.15. The number of hydrogen-bond donors (Lipinski definition) is 4. The largest absolute Gasteiger partial charge is 0.507 e. The van der Waals surface area contributed by atoms with E-state index in [0.717, 1.165) is 6.07 Å². The zero-order valence-electron chi connectivity index (χ0n) is 13.2. The summed E-state index contributed by atoms with van der Waals surface area (Å²) in [5.41, 5.74) is -0.823. The first-order valence-electron chi connectivity index (χ1n) is 7.05. The zero-order chi connectivity index (χ0) is 18.3. The Morgan fingerprint density at radius 3 is 2.28 bits per heavy atom. The van der Waals surface area contributed by atoms with Crippen LogP contribution in [-0.2, 0) is 0 Å². The SMILES string of the molecule is COc1cc(-c2oc3c(O)c(O)cc(O)c3c(=O)c2OC)ccc1O. The first-order valence-corrected chi connectivity index (χ1v) is 7.05. The van der Waals surface area contributed by atoms with E-state index in [1.165, 1.54) is 32.4 Å². The van der Waals surface area contributed by atoms with Crippen LogP contribution in [-0.4, -0.2) is 34.6 Å². The van der Waals surface area contributed by atoms with Gasteiger partial charge in [-0.2, -0.15) is 0 Å². The quantitative estimate of drug-likeness (QED) is 0.420. The summed E-state index contributed by atoms with van der Waals surface area (Å²) >= 11 is 0. The standard InChI is InChI=1S/C17H14O8/c1-23-11-5-7(3-4-8(11)18)15-17(24-2)14(22)12-9(19)6-10(20)13(21)16(12)25-15/h3-6,18-21H,1-2H3. The van der Waals surface area contributed by atoms with Crippen molar-refractivity contribution in [3.8, 4) is 45.8 Å². The summed E-state index contributed by atoms with van der Waals surface area (Å²) in [6.07, 6.45) is 0. The lowest BCUT2D eigenvalue weighted by molar-refractivity contribution is 0.372. The maximum absolute atomic E-state index is 12.6. The Morgan fingerprint density at radius 1 is 0.920 bits per heavy atom. The lowest BCUT2D eigenvalue weighted by Gasteiger charge is -2.12. The monoisotopic (exact) mass is 346 g/mol. The van der Waals surface area contributed by atoms with Crippen molar-refractivity contribution >= 4 is 11.0 Å². The fraction of sp³-hybridized carbons (Fsp3) is 0.118. The predicted molar refractivity (Wildman–Crippen MR) is 87.7 cm³/mol. The van der Waals surface area contributed by atoms with Crippen LogP contribution < -0.4 is 14.9 Å². The summed E-state index contributed by atoms with van der Waals surface area (Å²) in [6.45, 7) is 0. The van der Waals surface area contributed by atoms with Gasteiger partial charge in [0.1, 0.15) is 11.1 Å². The normalized spacial score (nSPS) is 10.8. The number of rotatable bonds is 3. The molecule has 4 N–H and O–H groups in total. The molecule has 0 unspecified atom stereocenters. The molecule has 0 saturated heterocycles. The molecule has 1 heterocycles. The molecule has 0 saturated carbocycles. The van der Waals surface area contributed by atoms with Gasteiger partial charge in [-0.3, -0.25) is 4.79 Å². The van der Waals surface area contributed by atoms with Gasteiger partial charge in [0.15, 0.2) is 28.6 Å². The van der Waals surface area contributed by atoms with Crippen molar-refractivity contribution in [2.75, 3.05) is 14.2 Å². The van der Waals surface area contributed by atoms with Crippen molar-refractivity contribution in [1.29, 1.82) is 0 Å². The van der Waals surface area contributed by atoms with Crippen LogP contribution in [0.25, 0.3) is 22.3 Å². The molecule has 0 aliphatic carbocycles. The van der Waals surface area contributed by atoms with Crippen molar-refractivity contribution in [3.63, 3.8) is 0 Å². The Kier molecular flexibility index (Phi) is 3.80. The number of phenolic OH excluding ortho intramolecular Hbond substituents is 4. The molecular weight excluding hydrogens is 332 g/mol. The van der Waals surface area contributed by atoms with E-state index in [1.807, 2.05) is 0 Å². The van der Waals surface area contributed by atoms with Crippen molar-refractivity contribution in [3.05, 3.63) is 34.5 Å². The molecule has 0 aliphatic heterocycles. The Hall–Kier alpha value is -3.55. The first-order chi connectivity index (χ1) is 11.9. The van der Waals surface area contributed by atoms with Gasteiger partial charge in [0.05, 0.1) is 14.2 Å². The molecule has 0 bridgehead atoms. The zero-order valence-corrected chi connectivity index (χ0v) is 13.2. The highest BCUT2D eigenvalue weighted by Crippen LogP contribution is 2.42. The lowest BCUT2D eigenvalue weighted by Crippen LogP contribution is -2.08. The Labute approximate surface area is 140 Å². The highest BCUT2D eigenvalue weighted by atomic mass is 16.5. The van der Waals surface area contributed by atoms with Crippen LogP contribution in [0.15, 0.2) is 33.5 Å². The number of benzene rings is 2. The molecular formula is C17H14O8. The predicted octanol–water partition coefficient (Wildman–Crippen LogP) is 2.30. The number of fused-ring (bicyclic) bond motifs is 1. The molecule has 1 aromatic heterocycles. The molecule has 0 fully saturated rings. The molecule has 0 spiro atoms. The third kappa shape index (κ3) is 2.44. The highest BCUT2D eigenvalue weighted by molar-refractivity contribution is 5.93. The molecule has 3 rings (SSSR count). The molecule has 3 aromatic rings. The number of methoxy groups -OCH3 is 2. The van der Waals surface area contributed by atoms with E-state index < -0.39 is 28.3 Å². The molecule has 0 amide bonds. The average Bonchev–Trinajstić information content (AvgIpc) is 2.59. The minimum absolute atomic E-state index is 0.0707. The molecule has 0 aliphatic rings. The van der Waals surface area contributed by atoms with Crippen molar-refractivity contribution in [2.45, 2.75) is 0 Å². The van der Waals surface area contributed by atoms with Gasteiger partial charge in [0.25, 0.3) is 0 Å². The second-order valence-electron chi connectivity index (χ2n) is 5.15. The van der Waals surface area contributed by atoms with E-state index in [0.29, 0.717) is 5.56 Å². The number of aromatic hydroxyl groups is 4. The van der Waals surface area contributed by atoms with E-state index in [2.05, 4.69) is 0 Å². The average molecular weight is 346 g/mol. The van der Waals surface area contributed by atoms with E-state index in [-0.39, 0.29) is 28.4 Å². The molecule has 8 nitrogen and oxygen atoms in total. The molecule has 25 heavy (non-hydrogen) atoms. The van der Waals surface area contributed by atoms with Gasteiger partial charge in [0, 0.05) is 11.6 Å². The second kappa shape index (κ2) is 5.82. The van der Waals surface area contributed by atoms with E-state index in [9.17, 15) is 25.2 Å². The maximum Gasteiger partial charge on any atom is 0.239 e. The van der Waals surface area contributed by atoms with Crippen LogP contribution in [0.4, 0.5) is 0 Å². The fourth-order valence-corrected chi connectivity index (χ4v) is 2.50. The third-order valence-corrected chi connectivity index (χ3v) is 3.70. The van der Waals surface area contributed by atoms with E-state index >= 15 is 0 Å². The van der Waals surface area contributed by atoms with E-state index in [1.54, 1.807) is 0 Å². The molecule has 8 heteroatoms. The summed E-state index contributed by atoms with van der Waals surface area (Å²) in [5.74, 6) is -2.18. The van der Waals surface area contributed by atoms with E-state index in [4.69, 9.17) is 13.9 Å². The minimum Gasteiger partial charge on any atom is -0.507 e. The molecule has 2 aromatic carbocycles. The van der Waals surface area contributed by atoms with Crippen molar-refractivity contribution in [2.24, 2.45) is 0 Å². The summed E-state index contributed by atoms with van der Waals surface area (Å²) in [4.78, 5) is 12.6. The van der Waals surface area contributed by atoms with Gasteiger partial charge in [-0.25, -0.2) is 0 Å². The highest BCUT2D eigenvalue weighted by Gasteiger charge is 2.23. The van der Waals surface area contributed by atoms with Crippen LogP contribution in [0.2, 0.25) is 0 Å². The Bertz CT molecular complexity index is 1040. The summed E-state index contributed by atoms with van der Waals surface area (Å²) in [6, 6.07) is 5.01. The first kappa shape index (κ1) is 16.3. The van der Waals surface area contributed by atoms with Gasteiger partial charge in [0.2, 0.25) is 16.9 Å². The molecule has 0 atom stereocenters. The summed E-state index contributed by atoms with van der Waals surface area (Å²) < 4.78 is 15.7. The van der Waals surface area contributed by atoms with Crippen LogP contribution in [0.1, 0.15) is 0 Å². The molecule has 130 valence electrons. The van der Waals surface area contributed by atoms with Crippen LogP contribution in [0.3, 0.4) is 0 Å². The number of ether oxygens (including phenoxy) is 2. The van der Waals surface area contributed by atoms with Gasteiger partial charge >= 0.3 is 0 Å². The van der Waals surface area contributed by atoms with Crippen molar-refractivity contribution < 1.29 is 34.3 Å². The maximum atomic E-state index is 12.6.